The molecule has 0 bridgehead atoms. The van der Waals surface area contributed by atoms with E-state index in [1.165, 1.54) is 0 Å². The van der Waals surface area contributed by atoms with E-state index in [0.717, 1.165) is 13.0 Å². The summed E-state index contributed by atoms with van der Waals surface area (Å²) in [6, 6.07) is 0. The first kappa shape index (κ1) is 14.1. The van der Waals surface area contributed by atoms with E-state index < -0.39 is 7.75 Å². The van der Waals surface area contributed by atoms with Gasteiger partial charge in [-0.3, -0.25) is 9.05 Å². The molecule has 0 rings (SSSR count). The van der Waals surface area contributed by atoms with Crippen LogP contribution in [0.1, 0.15) is 34.1 Å². The summed E-state index contributed by atoms with van der Waals surface area (Å²) < 4.78 is 24.5. The van der Waals surface area contributed by atoms with Gasteiger partial charge in [0.1, 0.15) is 0 Å². The van der Waals surface area contributed by atoms with E-state index in [1.807, 2.05) is 27.7 Å². The Bertz CT molecular complexity index is 177. The molecule has 0 atom stereocenters. The third-order valence-corrected chi connectivity index (χ3v) is 4.12. The highest BCUT2D eigenvalue weighted by Crippen LogP contribution is 2.51. The summed E-state index contributed by atoms with van der Waals surface area (Å²) in [5, 5.41) is 0. The molecule has 0 N–H and O–H groups in total. The average molecular weight is 223 g/mol. The minimum atomic E-state index is -3.01. The molecule has 0 aromatic carbocycles. The Morgan fingerprint density at radius 2 is 1.57 bits per heavy atom. The van der Waals surface area contributed by atoms with Gasteiger partial charge in [0.2, 0.25) is 0 Å². The SMILES string of the molecule is CCCN(CC)P(=O)(OCC)OCC. The fraction of sp³-hybridized carbons (Fsp3) is 1.00. The van der Waals surface area contributed by atoms with Gasteiger partial charge in [0.25, 0.3) is 0 Å². The van der Waals surface area contributed by atoms with E-state index in [-0.39, 0.29) is 0 Å². The van der Waals surface area contributed by atoms with Crippen LogP contribution in [-0.2, 0) is 13.6 Å². The molecule has 0 fully saturated rings. The van der Waals surface area contributed by atoms with Gasteiger partial charge in [0.15, 0.2) is 0 Å². The predicted molar refractivity (Wildman–Crippen MR) is 58.4 cm³/mol. The lowest BCUT2D eigenvalue weighted by molar-refractivity contribution is 0.169. The van der Waals surface area contributed by atoms with Gasteiger partial charge in [-0.2, -0.15) is 0 Å². The van der Waals surface area contributed by atoms with Gasteiger partial charge in [-0.25, -0.2) is 9.24 Å². The number of nitrogens with zero attached hydrogens (tertiary/aromatic N) is 1. The molecule has 86 valence electrons. The van der Waals surface area contributed by atoms with Crippen molar-refractivity contribution in [3.05, 3.63) is 0 Å². The summed E-state index contributed by atoms with van der Waals surface area (Å²) in [6.45, 7) is 9.91. The molecule has 0 spiro atoms. The van der Waals surface area contributed by atoms with Crippen molar-refractivity contribution >= 4 is 7.75 Å². The lowest BCUT2D eigenvalue weighted by Gasteiger charge is -2.28. The van der Waals surface area contributed by atoms with Gasteiger partial charge in [0, 0.05) is 13.1 Å². The summed E-state index contributed by atoms with van der Waals surface area (Å²) in [7, 11) is -3.01. The maximum atomic E-state index is 12.2. The standard InChI is InChI=1S/C9H22NO3P/c1-5-9-10(6-2)14(11,12-7-3)13-8-4/h5-9H2,1-4H3. The second-order valence-corrected chi connectivity index (χ2v) is 4.87. The van der Waals surface area contributed by atoms with Crippen molar-refractivity contribution in [1.82, 2.24) is 4.67 Å². The second kappa shape index (κ2) is 7.41. The Kier molecular flexibility index (Phi) is 7.47. The molecule has 0 aliphatic heterocycles. The van der Waals surface area contributed by atoms with Crippen LogP contribution >= 0.6 is 7.75 Å². The quantitative estimate of drug-likeness (QED) is 0.593. The first-order chi connectivity index (χ1) is 6.64. The zero-order chi connectivity index (χ0) is 11.0. The highest BCUT2D eigenvalue weighted by atomic mass is 31.2. The van der Waals surface area contributed by atoms with E-state index in [1.54, 1.807) is 4.67 Å². The van der Waals surface area contributed by atoms with Gasteiger partial charge in [-0.05, 0) is 20.3 Å². The first-order valence-electron chi connectivity index (χ1n) is 5.29. The normalized spacial score (nSPS) is 12.4. The molecular formula is C9H22NO3P. The van der Waals surface area contributed by atoms with Crippen molar-refractivity contribution < 1.29 is 13.6 Å². The maximum Gasteiger partial charge on any atom is 0.408 e. The molecule has 0 saturated carbocycles. The largest absolute Gasteiger partial charge is 0.408 e. The third kappa shape index (κ3) is 4.09. The van der Waals surface area contributed by atoms with Crippen LogP contribution in [0.2, 0.25) is 0 Å². The summed E-state index contributed by atoms with van der Waals surface area (Å²) in [5.74, 6) is 0. The predicted octanol–water partition coefficient (Wildman–Crippen LogP) is 2.90. The molecule has 0 aliphatic carbocycles. The Labute approximate surface area is 87.2 Å². The van der Waals surface area contributed by atoms with E-state index in [4.69, 9.17) is 9.05 Å². The molecule has 4 nitrogen and oxygen atoms in total. The molecule has 0 aromatic rings. The molecule has 5 heteroatoms. The topological polar surface area (TPSA) is 38.8 Å². The molecule has 0 amide bonds. The van der Waals surface area contributed by atoms with Crippen molar-refractivity contribution in [2.24, 2.45) is 0 Å². The number of rotatable bonds is 8. The minimum Gasteiger partial charge on any atom is -0.297 e. The first-order valence-corrected chi connectivity index (χ1v) is 6.78. The summed E-state index contributed by atoms with van der Waals surface area (Å²) >= 11 is 0. The van der Waals surface area contributed by atoms with Crippen LogP contribution in [0.4, 0.5) is 0 Å². The zero-order valence-corrected chi connectivity index (χ0v) is 10.5. The van der Waals surface area contributed by atoms with Crippen LogP contribution in [0, 0.1) is 0 Å². The van der Waals surface area contributed by atoms with Crippen LogP contribution in [0.15, 0.2) is 0 Å². The lowest BCUT2D eigenvalue weighted by atomic mass is 10.5. The molecule has 0 aliphatic rings. The second-order valence-electron chi connectivity index (χ2n) is 2.85. The van der Waals surface area contributed by atoms with Crippen molar-refractivity contribution in [2.45, 2.75) is 34.1 Å². The monoisotopic (exact) mass is 223 g/mol. The number of hydrogen-bond acceptors (Lipinski definition) is 3. The van der Waals surface area contributed by atoms with Crippen molar-refractivity contribution in [3.8, 4) is 0 Å². The molecule has 0 unspecified atom stereocenters. The van der Waals surface area contributed by atoms with Gasteiger partial charge in [-0.1, -0.05) is 13.8 Å². The van der Waals surface area contributed by atoms with Crippen LogP contribution in [0.3, 0.4) is 0 Å². The average Bonchev–Trinajstić information content (AvgIpc) is 2.14. The van der Waals surface area contributed by atoms with E-state index >= 15 is 0 Å². The minimum absolute atomic E-state index is 0.414. The fourth-order valence-corrected chi connectivity index (χ4v) is 3.08. The highest BCUT2D eigenvalue weighted by Gasteiger charge is 2.30. The Morgan fingerprint density at radius 1 is 1.07 bits per heavy atom. The van der Waals surface area contributed by atoms with E-state index in [9.17, 15) is 4.57 Å². The molecule has 0 aromatic heterocycles. The van der Waals surface area contributed by atoms with E-state index in [0.29, 0.717) is 19.8 Å². The van der Waals surface area contributed by atoms with E-state index in [2.05, 4.69) is 0 Å². The van der Waals surface area contributed by atoms with Crippen LogP contribution in [-0.4, -0.2) is 31.0 Å². The Morgan fingerprint density at radius 3 is 1.86 bits per heavy atom. The molecule has 0 heterocycles. The molecular weight excluding hydrogens is 201 g/mol. The third-order valence-electron chi connectivity index (χ3n) is 1.78. The van der Waals surface area contributed by atoms with Crippen molar-refractivity contribution in [1.29, 1.82) is 0 Å². The Hall–Kier alpha value is 0.110. The molecule has 0 saturated heterocycles. The zero-order valence-electron chi connectivity index (χ0n) is 9.65. The van der Waals surface area contributed by atoms with Crippen molar-refractivity contribution in [3.63, 3.8) is 0 Å². The summed E-state index contributed by atoms with van der Waals surface area (Å²) in [6.07, 6.45) is 0.942. The van der Waals surface area contributed by atoms with Gasteiger partial charge in [-0.15, -0.1) is 0 Å². The smallest absolute Gasteiger partial charge is 0.297 e. The summed E-state index contributed by atoms with van der Waals surface area (Å²) in [4.78, 5) is 0. The molecule has 0 radical (unpaired) electrons. The Balaban J connectivity index is 4.48. The van der Waals surface area contributed by atoms with Crippen LogP contribution in [0.5, 0.6) is 0 Å². The number of hydrogen-bond donors (Lipinski definition) is 0. The summed E-state index contributed by atoms with van der Waals surface area (Å²) in [5.41, 5.74) is 0. The maximum absolute atomic E-state index is 12.2. The van der Waals surface area contributed by atoms with Crippen LogP contribution < -0.4 is 0 Å². The van der Waals surface area contributed by atoms with Gasteiger partial charge < -0.3 is 0 Å². The highest BCUT2D eigenvalue weighted by molar-refractivity contribution is 7.51. The fourth-order valence-electron chi connectivity index (χ4n) is 1.24. The van der Waals surface area contributed by atoms with Crippen molar-refractivity contribution in [2.75, 3.05) is 26.3 Å². The van der Waals surface area contributed by atoms with Gasteiger partial charge >= 0.3 is 7.75 Å². The molecule has 14 heavy (non-hydrogen) atoms. The van der Waals surface area contributed by atoms with Crippen LogP contribution in [0.25, 0.3) is 0 Å². The lowest BCUT2D eigenvalue weighted by Crippen LogP contribution is -2.23. The van der Waals surface area contributed by atoms with Gasteiger partial charge in [0.05, 0.1) is 13.2 Å².